The fourth-order valence-electron chi connectivity index (χ4n) is 4.67. The summed E-state index contributed by atoms with van der Waals surface area (Å²) in [6, 6.07) is 0. The van der Waals surface area contributed by atoms with Crippen molar-refractivity contribution in [3.63, 3.8) is 0 Å². The lowest BCUT2D eigenvalue weighted by Crippen LogP contribution is -2.37. The topological polar surface area (TPSA) is 17.1 Å². The Morgan fingerprint density at radius 1 is 1.40 bits per heavy atom. The van der Waals surface area contributed by atoms with Gasteiger partial charge in [-0.25, -0.2) is 0 Å². The Bertz CT molecular complexity index is 354. The molecular formula is C14H20O. The van der Waals surface area contributed by atoms with Gasteiger partial charge in [-0.15, -0.1) is 0 Å². The van der Waals surface area contributed by atoms with Crippen molar-refractivity contribution in [3.8, 4) is 0 Å². The quantitative estimate of drug-likeness (QED) is 0.599. The van der Waals surface area contributed by atoms with E-state index in [9.17, 15) is 4.79 Å². The van der Waals surface area contributed by atoms with E-state index >= 15 is 0 Å². The van der Waals surface area contributed by atoms with Crippen LogP contribution in [0.15, 0.2) is 11.6 Å². The predicted octanol–water partition coefficient (Wildman–Crippen LogP) is 3.20. The summed E-state index contributed by atoms with van der Waals surface area (Å²) in [5.74, 6) is 3.50. The van der Waals surface area contributed by atoms with E-state index in [1.54, 1.807) is 6.92 Å². The van der Waals surface area contributed by atoms with Crippen LogP contribution in [-0.2, 0) is 4.79 Å². The molecule has 0 saturated heterocycles. The summed E-state index contributed by atoms with van der Waals surface area (Å²) < 4.78 is 0. The van der Waals surface area contributed by atoms with Crippen molar-refractivity contribution >= 4 is 5.78 Å². The predicted molar refractivity (Wildman–Crippen MR) is 60.4 cm³/mol. The van der Waals surface area contributed by atoms with Crippen LogP contribution >= 0.6 is 0 Å². The molecule has 0 spiro atoms. The van der Waals surface area contributed by atoms with Crippen LogP contribution in [-0.4, -0.2) is 5.78 Å². The molecule has 2 saturated carbocycles. The monoisotopic (exact) mass is 204 g/mol. The second-order valence-corrected chi connectivity index (χ2v) is 6.04. The highest BCUT2D eigenvalue weighted by atomic mass is 16.1. The van der Waals surface area contributed by atoms with E-state index < -0.39 is 0 Å². The lowest BCUT2D eigenvalue weighted by atomic mass is 9.65. The number of ketones is 1. The maximum absolute atomic E-state index is 12.0. The van der Waals surface area contributed by atoms with Crippen molar-refractivity contribution in [2.45, 2.75) is 40.0 Å². The summed E-state index contributed by atoms with van der Waals surface area (Å²) in [7, 11) is 0. The first-order valence-corrected chi connectivity index (χ1v) is 6.25. The molecule has 0 aliphatic heterocycles. The highest BCUT2D eigenvalue weighted by Crippen LogP contribution is 2.64. The number of hydrogen-bond donors (Lipinski definition) is 0. The molecule has 0 amide bonds. The van der Waals surface area contributed by atoms with Gasteiger partial charge in [-0.3, -0.25) is 4.79 Å². The molecule has 0 N–H and O–H groups in total. The zero-order valence-electron chi connectivity index (χ0n) is 9.92. The van der Waals surface area contributed by atoms with Gasteiger partial charge in [-0.05, 0) is 63.7 Å². The van der Waals surface area contributed by atoms with E-state index in [0.29, 0.717) is 11.7 Å². The van der Waals surface area contributed by atoms with Gasteiger partial charge >= 0.3 is 0 Å². The van der Waals surface area contributed by atoms with Gasteiger partial charge in [0, 0.05) is 0 Å². The van der Waals surface area contributed by atoms with Crippen molar-refractivity contribution in [2.24, 2.45) is 29.1 Å². The van der Waals surface area contributed by atoms with Gasteiger partial charge < -0.3 is 0 Å². The largest absolute Gasteiger partial charge is 0.299 e. The number of carbonyl (C=O) groups is 1. The van der Waals surface area contributed by atoms with Crippen molar-refractivity contribution in [3.05, 3.63) is 11.6 Å². The Labute approximate surface area is 91.9 Å². The molecule has 3 aliphatic rings. The lowest BCUT2D eigenvalue weighted by Gasteiger charge is -2.37. The van der Waals surface area contributed by atoms with Crippen LogP contribution < -0.4 is 0 Å². The normalized spacial score (nSPS) is 51.8. The summed E-state index contributed by atoms with van der Waals surface area (Å²) in [5, 5.41) is 0. The van der Waals surface area contributed by atoms with E-state index in [-0.39, 0.29) is 5.41 Å². The van der Waals surface area contributed by atoms with Crippen LogP contribution in [0.5, 0.6) is 0 Å². The molecule has 2 bridgehead atoms. The molecule has 5 atom stereocenters. The van der Waals surface area contributed by atoms with E-state index in [1.165, 1.54) is 24.8 Å². The van der Waals surface area contributed by atoms with Crippen molar-refractivity contribution in [1.82, 2.24) is 0 Å². The smallest absolute Gasteiger partial charge is 0.140 e. The standard InChI is InChI=1S/C14H20O/c1-8-6-12-10-4-5-11(7-10)13(12)14(8,3)9(2)15/h6,10-13H,4-5,7H2,1-3H3. The van der Waals surface area contributed by atoms with Crippen molar-refractivity contribution < 1.29 is 4.79 Å². The second-order valence-electron chi connectivity index (χ2n) is 6.04. The molecule has 15 heavy (non-hydrogen) atoms. The molecule has 0 radical (unpaired) electrons. The van der Waals surface area contributed by atoms with Gasteiger partial charge in [0.15, 0.2) is 0 Å². The Morgan fingerprint density at radius 3 is 2.73 bits per heavy atom. The van der Waals surface area contributed by atoms with Crippen LogP contribution in [0.25, 0.3) is 0 Å². The van der Waals surface area contributed by atoms with Gasteiger partial charge in [-0.1, -0.05) is 11.6 Å². The van der Waals surface area contributed by atoms with Gasteiger partial charge in [0.05, 0.1) is 5.41 Å². The summed E-state index contributed by atoms with van der Waals surface area (Å²) in [4.78, 5) is 12.0. The minimum absolute atomic E-state index is 0.121. The van der Waals surface area contributed by atoms with E-state index in [4.69, 9.17) is 0 Å². The number of carbonyl (C=O) groups excluding carboxylic acids is 1. The van der Waals surface area contributed by atoms with E-state index in [1.807, 2.05) is 0 Å². The fraction of sp³-hybridized carbons (Fsp3) is 0.786. The van der Waals surface area contributed by atoms with Gasteiger partial charge in [0.25, 0.3) is 0 Å². The fourth-order valence-corrected chi connectivity index (χ4v) is 4.67. The number of Topliss-reactive ketones (excluding diaryl/α,β-unsaturated/α-hetero) is 1. The number of rotatable bonds is 1. The SMILES string of the molecule is CC(=O)C1(C)C(C)=CC2C3CCC(C3)C21. The molecule has 3 aliphatic carbocycles. The summed E-state index contributed by atoms with van der Waals surface area (Å²) in [5.41, 5.74) is 1.23. The lowest BCUT2D eigenvalue weighted by molar-refractivity contribution is -0.127. The minimum atomic E-state index is -0.121. The maximum atomic E-state index is 12.0. The first-order chi connectivity index (χ1) is 7.05. The minimum Gasteiger partial charge on any atom is -0.299 e. The molecule has 0 aromatic heterocycles. The molecule has 82 valence electrons. The molecule has 0 aromatic rings. The van der Waals surface area contributed by atoms with Crippen LogP contribution in [0.1, 0.15) is 40.0 Å². The summed E-state index contributed by atoms with van der Waals surface area (Å²) in [6.07, 6.45) is 6.59. The van der Waals surface area contributed by atoms with Crippen LogP contribution in [0, 0.1) is 29.1 Å². The Morgan fingerprint density at radius 2 is 2.07 bits per heavy atom. The molecule has 1 nitrogen and oxygen atoms in total. The molecule has 2 fully saturated rings. The molecule has 1 heteroatoms. The van der Waals surface area contributed by atoms with Gasteiger partial charge in [0.2, 0.25) is 0 Å². The number of allylic oxidation sites excluding steroid dienone is 2. The molecule has 5 unspecified atom stereocenters. The maximum Gasteiger partial charge on any atom is 0.140 e. The first-order valence-electron chi connectivity index (χ1n) is 6.25. The third kappa shape index (κ3) is 0.971. The zero-order chi connectivity index (χ0) is 10.8. The zero-order valence-corrected chi connectivity index (χ0v) is 9.92. The highest BCUT2D eigenvalue weighted by molar-refractivity contribution is 5.86. The Kier molecular flexibility index (Phi) is 1.76. The summed E-state index contributed by atoms with van der Waals surface area (Å²) >= 11 is 0. The molecule has 3 rings (SSSR count). The van der Waals surface area contributed by atoms with Crippen molar-refractivity contribution in [1.29, 1.82) is 0 Å². The molecule has 0 aromatic carbocycles. The third-order valence-corrected chi connectivity index (χ3v) is 5.64. The van der Waals surface area contributed by atoms with Crippen LogP contribution in [0.3, 0.4) is 0 Å². The average molecular weight is 204 g/mol. The summed E-state index contributed by atoms with van der Waals surface area (Å²) in [6.45, 7) is 6.14. The van der Waals surface area contributed by atoms with Gasteiger partial charge in [0.1, 0.15) is 5.78 Å². The highest BCUT2D eigenvalue weighted by Gasteiger charge is 2.59. The van der Waals surface area contributed by atoms with E-state index in [0.717, 1.165) is 17.8 Å². The second kappa shape index (κ2) is 2.75. The average Bonchev–Trinajstić information content (AvgIpc) is 2.80. The van der Waals surface area contributed by atoms with Crippen LogP contribution in [0.4, 0.5) is 0 Å². The third-order valence-electron chi connectivity index (χ3n) is 5.64. The molecular weight excluding hydrogens is 184 g/mol. The van der Waals surface area contributed by atoms with Crippen molar-refractivity contribution in [2.75, 3.05) is 0 Å². The van der Waals surface area contributed by atoms with Crippen LogP contribution in [0.2, 0.25) is 0 Å². The van der Waals surface area contributed by atoms with E-state index in [2.05, 4.69) is 19.9 Å². The Hall–Kier alpha value is -0.590. The molecule has 0 heterocycles. The number of hydrogen-bond acceptors (Lipinski definition) is 1. The van der Waals surface area contributed by atoms with Gasteiger partial charge in [-0.2, -0.15) is 0 Å². The Balaban J connectivity index is 2.05. The number of fused-ring (bicyclic) bond motifs is 5. The first kappa shape index (κ1) is 9.62.